The summed E-state index contributed by atoms with van der Waals surface area (Å²) >= 11 is 5.84. The van der Waals surface area contributed by atoms with E-state index in [0.717, 1.165) is 5.56 Å². The van der Waals surface area contributed by atoms with Crippen LogP contribution in [-0.2, 0) is 6.42 Å². The summed E-state index contributed by atoms with van der Waals surface area (Å²) < 4.78 is 0. The predicted octanol–water partition coefficient (Wildman–Crippen LogP) is 2.69. The van der Waals surface area contributed by atoms with Crippen molar-refractivity contribution in [2.24, 2.45) is 0 Å². The fourth-order valence-electron chi connectivity index (χ4n) is 1.38. The lowest BCUT2D eigenvalue weighted by Crippen LogP contribution is -2.08. The van der Waals surface area contributed by atoms with E-state index in [1.807, 2.05) is 6.07 Å². The van der Waals surface area contributed by atoms with E-state index < -0.39 is 6.10 Å². The van der Waals surface area contributed by atoms with E-state index in [2.05, 4.69) is 6.58 Å². The highest BCUT2D eigenvalue weighted by Gasteiger charge is 2.05. The molecular weight excluding hydrogens is 210 g/mol. The monoisotopic (exact) mass is 221 g/mol. The van der Waals surface area contributed by atoms with Gasteiger partial charge in [-0.05, 0) is 36.6 Å². The molecule has 1 atom stereocenters. The lowest BCUT2D eigenvalue weighted by molar-refractivity contribution is 0.178. The maximum Gasteiger partial charge on any atom is 0.0992 e. The largest absolute Gasteiger partial charge is 0.392 e. The van der Waals surface area contributed by atoms with Crippen LogP contribution in [-0.4, -0.2) is 11.2 Å². The topological polar surface area (TPSA) is 44.0 Å². The summed E-state index contributed by atoms with van der Waals surface area (Å²) in [5, 5.41) is 18.8. The third-order valence-corrected chi connectivity index (χ3v) is 2.21. The lowest BCUT2D eigenvalue weighted by atomic mass is 10.0. The van der Waals surface area contributed by atoms with Gasteiger partial charge in [-0.15, -0.1) is 6.58 Å². The number of halogens is 1. The Kier molecular flexibility index (Phi) is 4.36. The summed E-state index contributed by atoms with van der Waals surface area (Å²) in [6.45, 7) is 3.56. The number of nitriles is 1. The van der Waals surface area contributed by atoms with Gasteiger partial charge >= 0.3 is 0 Å². The summed E-state index contributed by atoms with van der Waals surface area (Å²) in [6, 6.07) is 7.12. The van der Waals surface area contributed by atoms with Gasteiger partial charge in [0, 0.05) is 5.02 Å². The fourth-order valence-corrected chi connectivity index (χ4v) is 1.64. The minimum atomic E-state index is -0.465. The van der Waals surface area contributed by atoms with Gasteiger partial charge in [0.2, 0.25) is 0 Å². The quantitative estimate of drug-likeness (QED) is 0.795. The summed E-state index contributed by atoms with van der Waals surface area (Å²) in [5.41, 5.74) is 1.39. The highest BCUT2D eigenvalue weighted by molar-refractivity contribution is 6.30. The van der Waals surface area contributed by atoms with Gasteiger partial charge < -0.3 is 5.11 Å². The van der Waals surface area contributed by atoms with Gasteiger partial charge in [0.1, 0.15) is 0 Å². The van der Waals surface area contributed by atoms with Crippen LogP contribution in [0.1, 0.15) is 17.5 Å². The van der Waals surface area contributed by atoms with Crippen LogP contribution in [0, 0.1) is 11.3 Å². The average Bonchev–Trinajstić information content (AvgIpc) is 2.17. The molecule has 0 aliphatic rings. The molecule has 0 amide bonds. The lowest BCUT2D eigenvalue weighted by Gasteiger charge is -2.08. The van der Waals surface area contributed by atoms with E-state index in [1.54, 1.807) is 24.3 Å². The van der Waals surface area contributed by atoms with Crippen LogP contribution in [0.25, 0.3) is 0 Å². The van der Waals surface area contributed by atoms with Crippen molar-refractivity contribution >= 4 is 11.6 Å². The summed E-state index contributed by atoms with van der Waals surface area (Å²) in [4.78, 5) is 0. The van der Waals surface area contributed by atoms with Crippen LogP contribution in [0.15, 0.2) is 30.9 Å². The molecule has 3 heteroatoms. The standard InChI is InChI=1S/C12H12ClNO/c1-2-3-12(15)7-9-4-10(8-14)6-11(13)5-9/h2,4-6,12,15H,1,3,7H2. The molecule has 15 heavy (non-hydrogen) atoms. The Morgan fingerprint density at radius 3 is 2.87 bits per heavy atom. The van der Waals surface area contributed by atoms with Crippen molar-refractivity contribution < 1.29 is 5.11 Å². The van der Waals surface area contributed by atoms with E-state index in [0.29, 0.717) is 23.4 Å². The van der Waals surface area contributed by atoms with Gasteiger partial charge in [-0.2, -0.15) is 5.26 Å². The molecule has 0 aliphatic heterocycles. The minimum Gasteiger partial charge on any atom is -0.392 e. The predicted molar refractivity (Wildman–Crippen MR) is 60.7 cm³/mol. The van der Waals surface area contributed by atoms with E-state index in [1.165, 1.54) is 0 Å². The maximum absolute atomic E-state index is 9.56. The van der Waals surface area contributed by atoms with E-state index in [-0.39, 0.29) is 0 Å². The Balaban J connectivity index is 2.81. The molecule has 0 saturated carbocycles. The zero-order valence-corrected chi connectivity index (χ0v) is 9.04. The number of aliphatic hydroxyl groups is 1. The van der Waals surface area contributed by atoms with Crippen LogP contribution >= 0.6 is 11.6 Å². The third kappa shape index (κ3) is 3.75. The first-order valence-electron chi connectivity index (χ1n) is 4.64. The van der Waals surface area contributed by atoms with Gasteiger partial charge in [0.25, 0.3) is 0 Å². The summed E-state index contributed by atoms with van der Waals surface area (Å²) in [6.07, 6.45) is 2.23. The van der Waals surface area contributed by atoms with Crippen molar-refractivity contribution in [3.8, 4) is 6.07 Å². The summed E-state index contributed by atoms with van der Waals surface area (Å²) in [5.74, 6) is 0. The molecule has 78 valence electrons. The van der Waals surface area contributed by atoms with E-state index in [9.17, 15) is 5.11 Å². The second-order valence-corrected chi connectivity index (χ2v) is 3.78. The van der Waals surface area contributed by atoms with Gasteiger partial charge in [0.05, 0.1) is 17.7 Å². The Bertz CT molecular complexity index is 395. The fraction of sp³-hybridized carbons (Fsp3) is 0.250. The smallest absolute Gasteiger partial charge is 0.0992 e. The zero-order chi connectivity index (χ0) is 11.3. The van der Waals surface area contributed by atoms with Crippen molar-refractivity contribution in [2.75, 3.05) is 0 Å². The molecule has 0 aromatic heterocycles. The molecular formula is C12H12ClNO. The van der Waals surface area contributed by atoms with Gasteiger partial charge in [-0.1, -0.05) is 17.7 Å². The molecule has 0 fully saturated rings. The highest BCUT2D eigenvalue weighted by atomic mass is 35.5. The zero-order valence-electron chi connectivity index (χ0n) is 8.28. The number of hydrogen-bond acceptors (Lipinski definition) is 2. The number of nitrogens with zero attached hydrogens (tertiary/aromatic N) is 1. The molecule has 0 aliphatic carbocycles. The Morgan fingerprint density at radius 2 is 2.27 bits per heavy atom. The number of hydrogen-bond donors (Lipinski definition) is 1. The average molecular weight is 222 g/mol. The van der Waals surface area contributed by atoms with Crippen molar-refractivity contribution in [1.29, 1.82) is 5.26 Å². The molecule has 1 N–H and O–H groups in total. The Hall–Kier alpha value is -1.30. The number of aliphatic hydroxyl groups excluding tert-OH is 1. The Labute approximate surface area is 94.4 Å². The second-order valence-electron chi connectivity index (χ2n) is 3.34. The van der Waals surface area contributed by atoms with Crippen LogP contribution in [0.2, 0.25) is 5.02 Å². The first kappa shape index (κ1) is 11.8. The first-order chi connectivity index (χ1) is 7.15. The Morgan fingerprint density at radius 1 is 1.53 bits per heavy atom. The van der Waals surface area contributed by atoms with Crippen molar-refractivity contribution in [2.45, 2.75) is 18.9 Å². The molecule has 1 aromatic carbocycles. The molecule has 0 saturated heterocycles. The van der Waals surface area contributed by atoms with Crippen molar-refractivity contribution in [3.63, 3.8) is 0 Å². The second kappa shape index (κ2) is 5.55. The number of benzene rings is 1. The van der Waals surface area contributed by atoms with Crippen LogP contribution < -0.4 is 0 Å². The SMILES string of the molecule is C=CCC(O)Cc1cc(Cl)cc(C#N)c1. The molecule has 0 spiro atoms. The third-order valence-electron chi connectivity index (χ3n) is 2.00. The minimum absolute atomic E-state index is 0.465. The normalized spacial score (nSPS) is 11.8. The highest BCUT2D eigenvalue weighted by Crippen LogP contribution is 2.16. The van der Waals surface area contributed by atoms with Crippen molar-refractivity contribution in [3.05, 3.63) is 47.0 Å². The molecule has 1 aromatic rings. The van der Waals surface area contributed by atoms with E-state index in [4.69, 9.17) is 16.9 Å². The molecule has 2 nitrogen and oxygen atoms in total. The van der Waals surface area contributed by atoms with E-state index >= 15 is 0 Å². The molecule has 0 radical (unpaired) electrons. The maximum atomic E-state index is 9.56. The van der Waals surface area contributed by atoms with Gasteiger partial charge in [-0.3, -0.25) is 0 Å². The number of rotatable bonds is 4. The molecule has 0 bridgehead atoms. The first-order valence-corrected chi connectivity index (χ1v) is 5.02. The van der Waals surface area contributed by atoms with Crippen LogP contribution in [0.4, 0.5) is 0 Å². The summed E-state index contributed by atoms with van der Waals surface area (Å²) in [7, 11) is 0. The molecule has 1 unspecified atom stereocenters. The molecule has 1 rings (SSSR count). The van der Waals surface area contributed by atoms with Crippen LogP contribution in [0.5, 0.6) is 0 Å². The van der Waals surface area contributed by atoms with Crippen LogP contribution in [0.3, 0.4) is 0 Å². The molecule has 0 heterocycles. The van der Waals surface area contributed by atoms with Gasteiger partial charge in [-0.25, -0.2) is 0 Å². The van der Waals surface area contributed by atoms with Crippen molar-refractivity contribution in [1.82, 2.24) is 0 Å². The van der Waals surface area contributed by atoms with Gasteiger partial charge in [0.15, 0.2) is 0 Å².